The highest BCUT2D eigenvalue weighted by Gasteiger charge is 2.44. The Morgan fingerprint density at radius 2 is 0.845 bits per heavy atom. The zero-order valence-corrected chi connectivity index (χ0v) is 69.3. The summed E-state index contributed by atoms with van der Waals surface area (Å²) in [4.78, 5) is 71.2. The maximum Gasteiger partial charge on any atom is 0.407 e. The minimum atomic E-state index is -0.870. The van der Waals surface area contributed by atoms with Crippen LogP contribution in [-0.4, -0.2) is 178 Å². The Bertz CT molecular complexity index is 3540. The molecule has 15 atom stereocenters. The number of nitrogens with one attached hydrogen (secondary N) is 6. The molecule has 0 unspecified atom stereocenters. The van der Waals surface area contributed by atoms with Gasteiger partial charge in [0.2, 0.25) is 17.7 Å². The van der Waals surface area contributed by atoms with E-state index in [4.69, 9.17) is 19.9 Å². The van der Waals surface area contributed by atoms with E-state index in [1.165, 1.54) is 81.9 Å². The zero-order chi connectivity index (χ0) is 78.6. The van der Waals surface area contributed by atoms with Gasteiger partial charge in [0.05, 0.1) is 49.0 Å². The lowest BCUT2D eigenvalue weighted by Gasteiger charge is -2.47. The lowest BCUT2D eigenvalue weighted by atomic mass is 9.72. The number of hydrogen-bond acceptors (Lipinski definition) is 17. The van der Waals surface area contributed by atoms with Gasteiger partial charge in [-0.05, 0) is 190 Å². The molecule has 12 rings (SSSR count). The van der Waals surface area contributed by atoms with Gasteiger partial charge in [0.25, 0.3) is 0 Å². The molecular weight excluding hydrogens is 1440 g/mol. The number of hydrogen-bond donors (Lipinski definition) is 9. The van der Waals surface area contributed by atoms with E-state index < -0.39 is 30.4 Å². The molecule has 0 bridgehead atoms. The average molecular weight is 1570 g/mol. The lowest BCUT2D eigenvalue weighted by Crippen LogP contribution is -2.60. The summed E-state index contributed by atoms with van der Waals surface area (Å²) in [6.45, 7) is 22.8. The molecule has 110 heavy (non-hydrogen) atoms. The monoisotopic (exact) mass is 1570 g/mol. The normalized spacial score (nSPS) is 24.6. The van der Waals surface area contributed by atoms with E-state index >= 15 is 0 Å². The lowest BCUT2D eigenvalue weighted by molar-refractivity contribution is -0.133. The minimum absolute atomic E-state index is 0.0224. The summed E-state index contributed by atoms with van der Waals surface area (Å²) in [6.07, 6.45) is 15.6. The second-order valence-corrected chi connectivity index (χ2v) is 37.7. The molecule has 0 spiro atoms. The fourth-order valence-corrected chi connectivity index (χ4v) is 19.0. The Morgan fingerprint density at radius 1 is 0.482 bits per heavy atom. The molecule has 0 aromatic heterocycles. The largest absolute Gasteiger partial charge is 0.445 e. The van der Waals surface area contributed by atoms with Crippen LogP contribution in [0.1, 0.15) is 170 Å². The Balaban J connectivity index is 0.000000176. The summed E-state index contributed by atoms with van der Waals surface area (Å²) in [5.74, 6) is 6.15. The van der Waals surface area contributed by atoms with Gasteiger partial charge in [-0.2, -0.15) is 0 Å². The SMILES string of the molecule is CC(C)(C)NC(=O)[C@@H]1C[C@@H]2CCCC[C@@H]2CN1.CC(C)(C)NC(=O)[C@@H]1C[C@@H]2CCCC[C@@H]2CN1C[C@@H](O)[C@@H](N)CSc1ccccc1.CC(C)(C)NC(=O)[C@@H]1C[C@@H]2CCCC[C@@H]2CN1C[C@@H](O)[C@H](CSc1ccccc1)NC(=O)OCc1ccccc1.O=C(N[C@@H](CSc1ccccc1)[C@H]1CO1)OCc1ccccc1. The molecule has 7 fully saturated rings. The van der Waals surface area contributed by atoms with Crippen LogP contribution in [0.15, 0.2) is 166 Å². The number of piperidine rings is 3. The van der Waals surface area contributed by atoms with Gasteiger partial charge in [0, 0.05) is 80.8 Å². The highest BCUT2D eigenvalue weighted by atomic mass is 32.2. The highest BCUT2D eigenvalue weighted by Crippen LogP contribution is 2.41. The summed E-state index contributed by atoms with van der Waals surface area (Å²) in [5.41, 5.74) is 7.50. The van der Waals surface area contributed by atoms with Crippen molar-refractivity contribution in [2.75, 3.05) is 56.6 Å². The molecule has 5 aromatic rings. The van der Waals surface area contributed by atoms with Crippen molar-refractivity contribution in [1.29, 1.82) is 0 Å². The molecule has 4 aliphatic heterocycles. The van der Waals surface area contributed by atoms with Gasteiger partial charge in [-0.15, -0.1) is 35.3 Å². The third-order valence-corrected chi connectivity index (χ3v) is 25.2. The predicted molar refractivity (Wildman–Crippen MR) is 445 cm³/mol. The number of ether oxygens (including phenoxy) is 3. The zero-order valence-electron chi connectivity index (χ0n) is 66.8. The average Bonchev–Trinajstić information content (AvgIpc) is 1.03. The van der Waals surface area contributed by atoms with E-state index in [0.29, 0.717) is 54.9 Å². The first-order chi connectivity index (χ1) is 52.7. The topological polar surface area (TPSA) is 261 Å². The molecule has 3 aliphatic carbocycles. The van der Waals surface area contributed by atoms with Crippen molar-refractivity contribution in [3.63, 3.8) is 0 Å². The van der Waals surface area contributed by atoms with E-state index in [9.17, 15) is 34.2 Å². The molecule has 5 amide bonds. The van der Waals surface area contributed by atoms with Gasteiger partial charge in [-0.3, -0.25) is 24.2 Å². The van der Waals surface area contributed by atoms with Crippen molar-refractivity contribution in [3.05, 3.63) is 163 Å². The van der Waals surface area contributed by atoms with Gasteiger partial charge >= 0.3 is 12.2 Å². The van der Waals surface area contributed by atoms with Crippen LogP contribution in [0.25, 0.3) is 0 Å². The quantitative estimate of drug-likeness (QED) is 0.0194. The first-order valence-electron chi connectivity index (χ1n) is 40.6. The first-order valence-corrected chi connectivity index (χ1v) is 43.5. The number of likely N-dealkylation sites (tertiary alicyclic amines) is 2. The van der Waals surface area contributed by atoms with E-state index in [1.807, 2.05) is 190 Å². The second kappa shape index (κ2) is 43.9. The van der Waals surface area contributed by atoms with Crippen molar-refractivity contribution in [3.8, 4) is 0 Å². The maximum atomic E-state index is 13.4. The van der Waals surface area contributed by atoms with Gasteiger partial charge in [0.15, 0.2) is 0 Å². The fraction of sp³-hybridized carbons (Fsp3) is 0.602. The van der Waals surface area contributed by atoms with E-state index in [0.717, 1.165) is 77.4 Å². The number of aliphatic hydroxyl groups is 2. The number of alkyl carbamates (subject to hydrolysis) is 2. The Labute approximate surface area is 669 Å². The molecule has 10 N–H and O–H groups in total. The number of thioether (sulfide) groups is 3. The van der Waals surface area contributed by atoms with Crippen LogP contribution >= 0.6 is 35.3 Å². The fourth-order valence-electron chi connectivity index (χ4n) is 16.0. The van der Waals surface area contributed by atoms with E-state index in [-0.39, 0.29) is 83.9 Å². The molecule has 4 saturated heterocycles. The molecular formula is C88H129N9O10S3. The van der Waals surface area contributed by atoms with Crippen molar-refractivity contribution in [1.82, 2.24) is 41.7 Å². The van der Waals surface area contributed by atoms with Crippen molar-refractivity contribution in [2.24, 2.45) is 41.2 Å². The van der Waals surface area contributed by atoms with Crippen LogP contribution < -0.4 is 37.6 Å². The molecule has 22 heteroatoms. The van der Waals surface area contributed by atoms with E-state index in [1.54, 1.807) is 35.3 Å². The van der Waals surface area contributed by atoms with Gasteiger partial charge in [-0.1, -0.05) is 173 Å². The van der Waals surface area contributed by atoms with Crippen LogP contribution in [0, 0.1) is 35.5 Å². The van der Waals surface area contributed by atoms with Crippen LogP contribution in [0.5, 0.6) is 0 Å². The number of β-amino-alcohol motifs (C(OH)–C–C–N with tert-alkyl or cyclic N) is 2. The minimum Gasteiger partial charge on any atom is -0.445 e. The molecule has 3 saturated carbocycles. The van der Waals surface area contributed by atoms with Crippen molar-refractivity contribution in [2.45, 2.75) is 258 Å². The summed E-state index contributed by atoms with van der Waals surface area (Å²) in [6, 6.07) is 48.0. The number of rotatable bonds is 25. The summed E-state index contributed by atoms with van der Waals surface area (Å²) >= 11 is 4.95. The maximum absolute atomic E-state index is 13.4. The molecule has 7 aliphatic rings. The molecule has 0 radical (unpaired) electrons. The van der Waals surface area contributed by atoms with Crippen molar-refractivity contribution < 1.29 is 48.4 Å². The summed E-state index contributed by atoms with van der Waals surface area (Å²) in [5, 5.41) is 41.1. The Kier molecular flexibility index (Phi) is 35.0. The Hall–Kier alpha value is -6.18. The third-order valence-electron chi connectivity index (χ3n) is 21.8. The van der Waals surface area contributed by atoms with Crippen LogP contribution in [0.4, 0.5) is 9.59 Å². The van der Waals surface area contributed by atoms with E-state index in [2.05, 4.69) is 66.0 Å². The van der Waals surface area contributed by atoms with Crippen LogP contribution in [-0.2, 0) is 41.8 Å². The second-order valence-electron chi connectivity index (χ2n) is 34.4. The van der Waals surface area contributed by atoms with Crippen molar-refractivity contribution >= 4 is 65.2 Å². The third kappa shape index (κ3) is 31.0. The van der Waals surface area contributed by atoms with Crippen LogP contribution in [0.2, 0.25) is 0 Å². The standard InChI is InChI=1S/C32H45N3O4S.C24H39N3O2S.C18H19NO3S.C14H26N2O/c1-32(2,3)34-30(37)28-18-24-14-10-11-15-25(24)19-35(28)20-29(36)27(22-40-26-16-8-5-9-17-26)33-31(38)39-21-23-12-6-4-7-13-23;1-24(2,3)26-23(29)21-13-17-9-7-8-10-18(17)14-27(21)15-22(28)20(25)16-30-19-11-5-4-6-12-19;20-18(22-11-14-7-3-1-4-8-14)19-16(17-12-21-17)13-23-15-9-5-2-6-10-15;1-14(2,3)16-13(17)12-8-10-6-4-5-7-11(10)9-15-12/h4-9,12-13,16-17,24-25,27-29,36H,10-11,14-15,18-22H2,1-3H3,(H,33,38)(H,34,37);4-6,11-12,17-18,20-22,28H,7-10,13-16,25H2,1-3H3,(H,26,29);1-10,16-17H,11-13H2,(H,19,20);10-12,15H,4-9H2,1-3H3,(H,16,17)/t24-,25+,27-,28-,29+;17-,18+,20-,21-,22+;16-,17+;10-,11+,12-/m0000/s1. The smallest absolute Gasteiger partial charge is 0.407 e. The number of nitrogens with zero attached hydrogens (tertiary/aromatic N) is 2. The molecule has 4 heterocycles. The van der Waals surface area contributed by atoms with Crippen LogP contribution in [0.3, 0.4) is 0 Å². The highest BCUT2D eigenvalue weighted by molar-refractivity contribution is 7.99. The molecule has 19 nitrogen and oxygen atoms in total. The summed E-state index contributed by atoms with van der Waals surface area (Å²) < 4.78 is 16.1. The van der Waals surface area contributed by atoms with Gasteiger partial charge in [0.1, 0.15) is 19.3 Å². The van der Waals surface area contributed by atoms with Gasteiger partial charge in [-0.25, -0.2) is 9.59 Å². The van der Waals surface area contributed by atoms with Gasteiger partial charge < -0.3 is 62.1 Å². The number of nitrogens with two attached hydrogens (primary N) is 1. The number of amides is 5. The summed E-state index contributed by atoms with van der Waals surface area (Å²) in [7, 11) is 0. The number of carbonyl (C=O) groups is 5. The predicted octanol–water partition coefficient (Wildman–Crippen LogP) is 14.0. The molecule has 5 aromatic carbocycles. The first kappa shape index (κ1) is 87.8. The number of benzene rings is 5. The Morgan fingerprint density at radius 3 is 1.27 bits per heavy atom. The number of carbonyl (C=O) groups excluding carboxylic acids is 5. The number of aliphatic hydroxyl groups excluding tert-OH is 2. The number of epoxide rings is 1. The molecule has 604 valence electrons. The number of fused-ring (bicyclic) bond motifs is 3.